The Balaban J connectivity index is 2.30. The summed E-state index contributed by atoms with van der Waals surface area (Å²) in [6.45, 7) is 2.56. The van der Waals surface area contributed by atoms with Crippen LogP contribution in [0.5, 0.6) is 0 Å². The molecular formula is C11H18O2. The van der Waals surface area contributed by atoms with Crippen molar-refractivity contribution in [3.05, 3.63) is 12.2 Å². The zero-order chi connectivity index (χ0) is 9.47. The zero-order valence-electron chi connectivity index (χ0n) is 8.11. The topological polar surface area (TPSA) is 40.5 Å². The Morgan fingerprint density at radius 1 is 1.38 bits per heavy atom. The third-order valence-electron chi connectivity index (χ3n) is 4.26. The van der Waals surface area contributed by atoms with E-state index in [0.29, 0.717) is 11.8 Å². The van der Waals surface area contributed by atoms with Crippen LogP contribution in [-0.2, 0) is 0 Å². The quantitative estimate of drug-likeness (QED) is 0.644. The Kier molecular flexibility index (Phi) is 2.20. The monoisotopic (exact) mass is 182 g/mol. The van der Waals surface area contributed by atoms with E-state index in [-0.39, 0.29) is 24.5 Å². The van der Waals surface area contributed by atoms with Crippen LogP contribution in [0.2, 0.25) is 0 Å². The average molecular weight is 182 g/mol. The van der Waals surface area contributed by atoms with E-state index in [1.54, 1.807) is 0 Å². The van der Waals surface area contributed by atoms with Crippen LogP contribution in [0.25, 0.3) is 0 Å². The van der Waals surface area contributed by atoms with E-state index in [1.165, 1.54) is 0 Å². The van der Waals surface area contributed by atoms with Gasteiger partial charge in [0.1, 0.15) is 0 Å². The summed E-state index contributed by atoms with van der Waals surface area (Å²) in [6.07, 6.45) is 6.56. The van der Waals surface area contributed by atoms with E-state index >= 15 is 0 Å². The van der Waals surface area contributed by atoms with Gasteiger partial charge in [-0.2, -0.15) is 0 Å². The Bertz CT molecular complexity index is 218. The molecule has 1 saturated carbocycles. The number of aliphatic hydroxyl groups is 2. The molecule has 0 radical (unpaired) electrons. The van der Waals surface area contributed by atoms with Crippen LogP contribution in [0.1, 0.15) is 19.8 Å². The van der Waals surface area contributed by atoms with E-state index in [1.807, 2.05) is 0 Å². The molecule has 74 valence electrons. The molecule has 0 aromatic carbocycles. The molecule has 2 N–H and O–H groups in total. The molecule has 2 aliphatic rings. The summed E-state index contributed by atoms with van der Waals surface area (Å²) in [5.41, 5.74) is -0.0197. The van der Waals surface area contributed by atoms with Gasteiger partial charge in [-0.3, -0.25) is 0 Å². The summed E-state index contributed by atoms with van der Waals surface area (Å²) < 4.78 is 0. The highest BCUT2D eigenvalue weighted by Gasteiger charge is 2.53. The maximum absolute atomic E-state index is 9.50. The van der Waals surface area contributed by atoms with Gasteiger partial charge >= 0.3 is 0 Å². The lowest BCUT2D eigenvalue weighted by atomic mass is 9.67. The van der Waals surface area contributed by atoms with Gasteiger partial charge in [-0.25, -0.2) is 0 Å². The highest BCUT2D eigenvalue weighted by molar-refractivity contribution is 5.18. The third-order valence-corrected chi connectivity index (χ3v) is 4.26. The summed E-state index contributed by atoms with van der Waals surface area (Å²) in [5, 5.41) is 18.8. The van der Waals surface area contributed by atoms with Crippen molar-refractivity contribution in [2.45, 2.75) is 19.8 Å². The van der Waals surface area contributed by atoms with E-state index in [4.69, 9.17) is 0 Å². The predicted octanol–water partition coefficient (Wildman–Crippen LogP) is 1.19. The first kappa shape index (κ1) is 9.22. The molecule has 2 bridgehead atoms. The number of allylic oxidation sites excluding steroid dienone is 2. The Hall–Kier alpha value is -0.340. The highest BCUT2D eigenvalue weighted by Crippen LogP contribution is 2.57. The van der Waals surface area contributed by atoms with Crippen molar-refractivity contribution >= 4 is 0 Å². The van der Waals surface area contributed by atoms with Gasteiger partial charge < -0.3 is 10.2 Å². The summed E-state index contributed by atoms with van der Waals surface area (Å²) in [5.74, 6) is 1.31. The van der Waals surface area contributed by atoms with Crippen molar-refractivity contribution in [1.82, 2.24) is 0 Å². The summed E-state index contributed by atoms with van der Waals surface area (Å²) in [4.78, 5) is 0. The van der Waals surface area contributed by atoms with E-state index in [2.05, 4.69) is 19.1 Å². The fourth-order valence-electron chi connectivity index (χ4n) is 3.34. The first-order valence-corrected chi connectivity index (χ1v) is 5.18. The maximum Gasteiger partial charge on any atom is 0.0496 e. The van der Waals surface area contributed by atoms with Crippen LogP contribution in [0.15, 0.2) is 12.2 Å². The average Bonchev–Trinajstić information content (AvgIpc) is 2.74. The number of aliphatic hydroxyl groups excluding tert-OH is 2. The van der Waals surface area contributed by atoms with Crippen molar-refractivity contribution in [3.8, 4) is 0 Å². The lowest BCUT2D eigenvalue weighted by Gasteiger charge is -2.39. The summed E-state index contributed by atoms with van der Waals surface area (Å²) in [6, 6.07) is 0. The predicted molar refractivity (Wildman–Crippen MR) is 51.1 cm³/mol. The number of fused-ring (bicyclic) bond motifs is 2. The molecule has 13 heavy (non-hydrogen) atoms. The molecule has 0 aromatic rings. The van der Waals surface area contributed by atoms with Crippen LogP contribution in [0.4, 0.5) is 0 Å². The van der Waals surface area contributed by atoms with Gasteiger partial charge in [0.05, 0.1) is 0 Å². The van der Waals surface area contributed by atoms with Gasteiger partial charge in [0.25, 0.3) is 0 Å². The van der Waals surface area contributed by atoms with Gasteiger partial charge in [-0.1, -0.05) is 19.1 Å². The third kappa shape index (κ3) is 1.02. The molecule has 2 nitrogen and oxygen atoms in total. The molecule has 4 unspecified atom stereocenters. The maximum atomic E-state index is 9.50. The second-order valence-electron chi connectivity index (χ2n) is 4.42. The fraction of sp³-hybridized carbons (Fsp3) is 0.818. The van der Waals surface area contributed by atoms with Crippen LogP contribution in [-0.4, -0.2) is 23.4 Å². The first-order chi connectivity index (χ1) is 6.28. The molecule has 2 heteroatoms. The van der Waals surface area contributed by atoms with Crippen LogP contribution in [0.3, 0.4) is 0 Å². The molecule has 0 saturated heterocycles. The summed E-state index contributed by atoms with van der Waals surface area (Å²) in [7, 11) is 0. The van der Waals surface area contributed by atoms with E-state index < -0.39 is 0 Å². The largest absolute Gasteiger partial charge is 0.396 e. The fourth-order valence-corrected chi connectivity index (χ4v) is 3.34. The van der Waals surface area contributed by atoms with Gasteiger partial charge in [-0.15, -0.1) is 0 Å². The van der Waals surface area contributed by atoms with Crippen molar-refractivity contribution in [2.75, 3.05) is 13.2 Å². The van der Waals surface area contributed by atoms with Crippen molar-refractivity contribution in [2.24, 2.45) is 23.2 Å². The van der Waals surface area contributed by atoms with Crippen molar-refractivity contribution in [3.63, 3.8) is 0 Å². The second kappa shape index (κ2) is 3.10. The second-order valence-corrected chi connectivity index (χ2v) is 4.42. The van der Waals surface area contributed by atoms with Gasteiger partial charge in [0.2, 0.25) is 0 Å². The van der Waals surface area contributed by atoms with Gasteiger partial charge in [0, 0.05) is 18.6 Å². The molecule has 4 atom stereocenters. The smallest absolute Gasteiger partial charge is 0.0496 e. The Morgan fingerprint density at radius 2 is 2.15 bits per heavy atom. The standard InChI is InChI=1S/C11H18O2/c1-2-11(7-13)9-4-3-8(5-9)10(11)6-12/h3-4,8-10,12-13H,2,5-7H2,1H3. The first-order valence-electron chi connectivity index (χ1n) is 5.18. The number of hydrogen-bond donors (Lipinski definition) is 2. The zero-order valence-corrected chi connectivity index (χ0v) is 8.11. The minimum Gasteiger partial charge on any atom is -0.396 e. The molecule has 0 amide bonds. The Morgan fingerprint density at radius 3 is 2.62 bits per heavy atom. The minimum atomic E-state index is -0.0197. The molecule has 0 spiro atoms. The molecule has 0 aliphatic heterocycles. The van der Waals surface area contributed by atoms with Gasteiger partial charge in [0.15, 0.2) is 0 Å². The van der Waals surface area contributed by atoms with Gasteiger partial charge in [-0.05, 0) is 30.6 Å². The summed E-state index contributed by atoms with van der Waals surface area (Å²) >= 11 is 0. The molecule has 2 rings (SSSR count). The molecular weight excluding hydrogens is 164 g/mol. The minimum absolute atomic E-state index is 0.0197. The SMILES string of the molecule is CCC1(CO)C2C=CC(C2)C1CO. The molecule has 2 aliphatic carbocycles. The van der Waals surface area contributed by atoms with Crippen LogP contribution < -0.4 is 0 Å². The highest BCUT2D eigenvalue weighted by atomic mass is 16.3. The van der Waals surface area contributed by atoms with Crippen LogP contribution in [0, 0.1) is 23.2 Å². The van der Waals surface area contributed by atoms with Crippen molar-refractivity contribution in [1.29, 1.82) is 0 Å². The lowest BCUT2D eigenvalue weighted by Crippen LogP contribution is -2.39. The van der Waals surface area contributed by atoms with Crippen LogP contribution >= 0.6 is 0 Å². The molecule has 0 heterocycles. The normalized spacial score (nSPS) is 47.5. The number of rotatable bonds is 3. The molecule has 1 fully saturated rings. The lowest BCUT2D eigenvalue weighted by molar-refractivity contribution is 0.0140. The van der Waals surface area contributed by atoms with E-state index in [0.717, 1.165) is 12.8 Å². The Labute approximate surface area is 79.3 Å². The number of hydrogen-bond acceptors (Lipinski definition) is 2. The van der Waals surface area contributed by atoms with E-state index in [9.17, 15) is 10.2 Å². The molecule has 0 aromatic heterocycles. The van der Waals surface area contributed by atoms with Crippen molar-refractivity contribution < 1.29 is 10.2 Å².